The van der Waals surface area contributed by atoms with Crippen LogP contribution in [0.25, 0.3) is 28.0 Å². The molecule has 5 rings (SSSR count). The Hall–Kier alpha value is -4.46. The Morgan fingerprint density at radius 3 is 2.53 bits per heavy atom. The number of nitrogens with zero attached hydrogens (tertiary/aromatic N) is 4. The summed E-state index contributed by atoms with van der Waals surface area (Å²) < 4.78 is 7.39. The molecule has 2 aromatic carbocycles. The van der Waals surface area contributed by atoms with E-state index in [4.69, 9.17) is 4.52 Å². The first-order chi connectivity index (χ1) is 15.8. The smallest absolute Gasteiger partial charge is 0.251 e. The van der Waals surface area contributed by atoms with E-state index in [1.165, 1.54) is 0 Å². The molecule has 0 aliphatic carbocycles. The van der Waals surface area contributed by atoms with Crippen molar-refractivity contribution in [3.63, 3.8) is 0 Å². The molecule has 5 aromatic rings. The van der Waals surface area contributed by atoms with E-state index >= 15 is 0 Å². The highest BCUT2D eigenvalue weighted by Crippen LogP contribution is 2.29. The molecular formula is C24H20N6O2. The van der Waals surface area contributed by atoms with Crippen LogP contribution in [0.5, 0.6) is 0 Å². The number of rotatable bonds is 7. The van der Waals surface area contributed by atoms with Gasteiger partial charge in [0.05, 0.1) is 5.39 Å². The number of nitrogens with one attached hydrogen (secondary N) is 2. The van der Waals surface area contributed by atoms with Crippen LogP contribution in [-0.2, 0) is 0 Å². The van der Waals surface area contributed by atoms with Crippen molar-refractivity contribution in [2.75, 3.05) is 18.4 Å². The van der Waals surface area contributed by atoms with E-state index in [1.54, 1.807) is 12.1 Å². The van der Waals surface area contributed by atoms with Crippen LogP contribution in [0.2, 0.25) is 0 Å². The van der Waals surface area contributed by atoms with Gasteiger partial charge in [-0.05, 0) is 42.5 Å². The Labute approximate surface area is 183 Å². The summed E-state index contributed by atoms with van der Waals surface area (Å²) >= 11 is 0. The zero-order chi connectivity index (χ0) is 21.8. The van der Waals surface area contributed by atoms with Gasteiger partial charge in [0.25, 0.3) is 5.91 Å². The predicted molar refractivity (Wildman–Crippen MR) is 122 cm³/mol. The largest absolute Gasteiger partial charge is 0.367 e. The fraction of sp³-hybridized carbons (Fsp3) is 0.0833. The van der Waals surface area contributed by atoms with Gasteiger partial charge in [-0.3, -0.25) is 4.79 Å². The van der Waals surface area contributed by atoms with Crippen molar-refractivity contribution in [1.82, 2.24) is 25.2 Å². The number of amides is 1. The predicted octanol–water partition coefficient (Wildman–Crippen LogP) is 3.92. The van der Waals surface area contributed by atoms with Crippen molar-refractivity contribution in [2.24, 2.45) is 0 Å². The van der Waals surface area contributed by atoms with E-state index in [0.29, 0.717) is 35.7 Å². The van der Waals surface area contributed by atoms with E-state index in [9.17, 15) is 4.79 Å². The highest BCUT2D eigenvalue weighted by Gasteiger charge is 2.13. The molecule has 3 aromatic heterocycles. The van der Waals surface area contributed by atoms with Crippen molar-refractivity contribution in [2.45, 2.75) is 0 Å². The molecule has 0 aliphatic rings. The molecule has 3 heterocycles. The second kappa shape index (κ2) is 8.73. The lowest BCUT2D eigenvalue weighted by molar-refractivity contribution is 0.0955. The van der Waals surface area contributed by atoms with Gasteiger partial charge in [0.2, 0.25) is 0 Å². The summed E-state index contributed by atoms with van der Waals surface area (Å²) in [7, 11) is 0. The third-order valence-electron chi connectivity index (χ3n) is 5.01. The molecular weight excluding hydrogens is 404 g/mol. The fourth-order valence-corrected chi connectivity index (χ4v) is 3.39. The van der Waals surface area contributed by atoms with Gasteiger partial charge in [-0.15, -0.1) is 10.2 Å². The highest BCUT2D eigenvalue weighted by atomic mass is 16.5. The summed E-state index contributed by atoms with van der Waals surface area (Å²) in [6.45, 7) is 0.959. The van der Waals surface area contributed by atoms with E-state index in [0.717, 1.165) is 16.8 Å². The number of fused-ring (bicyclic) bond motifs is 1. The van der Waals surface area contributed by atoms with Gasteiger partial charge in [0.15, 0.2) is 11.6 Å². The molecule has 2 N–H and O–H groups in total. The van der Waals surface area contributed by atoms with E-state index in [1.807, 2.05) is 77.6 Å². The molecule has 0 unspecified atom stereocenters. The maximum Gasteiger partial charge on any atom is 0.251 e. The average Bonchev–Trinajstić information content (AvgIpc) is 3.53. The standard InChI is InChI=1S/C24H20N6O2/c31-24(26-13-12-25-21-10-11-22(28-27-21)30-14-4-5-15-30)18-8-9-20-19(16-18)23(32-29-20)17-6-2-1-3-7-17/h1-11,14-16H,12-13H2,(H,25,27)(H,26,31). The molecule has 32 heavy (non-hydrogen) atoms. The van der Waals surface area contributed by atoms with Gasteiger partial charge in [-0.2, -0.15) is 0 Å². The van der Waals surface area contributed by atoms with Crippen molar-refractivity contribution in [3.05, 3.63) is 90.8 Å². The fourth-order valence-electron chi connectivity index (χ4n) is 3.39. The molecule has 0 aliphatic heterocycles. The Morgan fingerprint density at radius 2 is 1.75 bits per heavy atom. The lowest BCUT2D eigenvalue weighted by Crippen LogP contribution is -2.28. The van der Waals surface area contributed by atoms with Crippen molar-refractivity contribution in [3.8, 4) is 17.1 Å². The Bertz CT molecular complexity index is 1330. The van der Waals surface area contributed by atoms with Crippen LogP contribution in [0.15, 0.2) is 89.7 Å². The summed E-state index contributed by atoms with van der Waals surface area (Å²) in [5.41, 5.74) is 2.18. The minimum atomic E-state index is -0.164. The van der Waals surface area contributed by atoms with Gasteiger partial charge in [0, 0.05) is 36.6 Å². The van der Waals surface area contributed by atoms with Crippen LogP contribution in [0.1, 0.15) is 10.4 Å². The molecule has 0 atom stereocenters. The van der Waals surface area contributed by atoms with Crippen molar-refractivity contribution in [1.29, 1.82) is 0 Å². The van der Waals surface area contributed by atoms with Crippen LogP contribution in [0.3, 0.4) is 0 Å². The maximum atomic E-state index is 12.6. The summed E-state index contributed by atoms with van der Waals surface area (Å²) in [6.07, 6.45) is 3.82. The zero-order valence-electron chi connectivity index (χ0n) is 17.1. The first kappa shape index (κ1) is 19.5. The lowest BCUT2D eigenvalue weighted by atomic mass is 10.1. The van der Waals surface area contributed by atoms with Crippen molar-refractivity contribution < 1.29 is 9.32 Å². The maximum absolute atomic E-state index is 12.6. The second-order valence-corrected chi connectivity index (χ2v) is 7.16. The van der Waals surface area contributed by atoms with Gasteiger partial charge < -0.3 is 19.7 Å². The third kappa shape index (κ3) is 4.06. The van der Waals surface area contributed by atoms with Gasteiger partial charge in [0.1, 0.15) is 11.3 Å². The molecule has 8 nitrogen and oxygen atoms in total. The zero-order valence-corrected chi connectivity index (χ0v) is 17.1. The average molecular weight is 424 g/mol. The number of hydrogen-bond donors (Lipinski definition) is 2. The van der Waals surface area contributed by atoms with Crippen LogP contribution >= 0.6 is 0 Å². The number of carbonyl (C=O) groups is 1. The number of benzene rings is 2. The van der Waals surface area contributed by atoms with Crippen molar-refractivity contribution >= 4 is 22.6 Å². The molecule has 0 bridgehead atoms. The number of aromatic nitrogens is 4. The topological polar surface area (TPSA) is 97.9 Å². The summed E-state index contributed by atoms with van der Waals surface area (Å²) in [5.74, 6) is 1.88. The Morgan fingerprint density at radius 1 is 0.906 bits per heavy atom. The summed E-state index contributed by atoms with van der Waals surface area (Å²) in [4.78, 5) is 12.6. The lowest BCUT2D eigenvalue weighted by Gasteiger charge is -2.08. The Kier molecular flexibility index (Phi) is 5.32. The third-order valence-corrected chi connectivity index (χ3v) is 5.01. The van der Waals surface area contributed by atoms with E-state index in [2.05, 4.69) is 26.0 Å². The van der Waals surface area contributed by atoms with E-state index < -0.39 is 0 Å². The summed E-state index contributed by atoms with van der Waals surface area (Å²) in [5, 5.41) is 19.3. The minimum absolute atomic E-state index is 0.164. The molecule has 1 amide bonds. The molecule has 0 radical (unpaired) electrons. The van der Waals surface area contributed by atoms with E-state index in [-0.39, 0.29) is 5.91 Å². The molecule has 0 saturated carbocycles. The van der Waals surface area contributed by atoms with Crippen LogP contribution < -0.4 is 10.6 Å². The number of carbonyl (C=O) groups excluding carboxylic acids is 1. The van der Waals surface area contributed by atoms with Gasteiger partial charge in [-0.1, -0.05) is 35.5 Å². The molecule has 0 saturated heterocycles. The quantitative estimate of drug-likeness (QED) is 0.384. The molecule has 8 heteroatoms. The monoisotopic (exact) mass is 424 g/mol. The van der Waals surface area contributed by atoms with Crippen LogP contribution in [0.4, 0.5) is 5.82 Å². The molecule has 158 valence electrons. The van der Waals surface area contributed by atoms with Gasteiger partial charge in [-0.25, -0.2) is 0 Å². The van der Waals surface area contributed by atoms with Crippen LogP contribution in [0, 0.1) is 0 Å². The first-order valence-electron chi connectivity index (χ1n) is 10.2. The minimum Gasteiger partial charge on any atom is -0.367 e. The number of hydrogen-bond acceptors (Lipinski definition) is 6. The summed E-state index contributed by atoms with van der Waals surface area (Å²) in [6, 6.07) is 22.7. The normalized spacial score (nSPS) is 10.9. The first-order valence-corrected chi connectivity index (χ1v) is 10.2. The number of anilines is 1. The van der Waals surface area contributed by atoms with Gasteiger partial charge >= 0.3 is 0 Å². The molecule has 0 fully saturated rings. The Balaban J connectivity index is 1.19. The molecule has 0 spiro atoms. The highest BCUT2D eigenvalue weighted by molar-refractivity contribution is 6.00. The van der Waals surface area contributed by atoms with Crippen LogP contribution in [-0.4, -0.2) is 38.9 Å². The SMILES string of the molecule is O=C(NCCNc1ccc(-n2cccc2)nn1)c1ccc2noc(-c3ccccc3)c2c1. The second-order valence-electron chi connectivity index (χ2n) is 7.16.